The van der Waals surface area contributed by atoms with Crippen molar-refractivity contribution in [1.82, 2.24) is 4.98 Å². The van der Waals surface area contributed by atoms with Gasteiger partial charge in [-0.2, -0.15) is 0 Å². The molecule has 1 heterocycles. The monoisotopic (exact) mass is 159 g/mol. The van der Waals surface area contributed by atoms with Crippen molar-refractivity contribution in [2.24, 2.45) is 0 Å². The second-order valence-electron chi connectivity index (χ2n) is 2.18. The summed E-state index contributed by atoms with van der Waals surface area (Å²) in [6, 6.07) is 5.38. The Kier molecular flexibility index (Phi) is 2.49. The molecule has 0 radical (unpaired) electrons. The summed E-state index contributed by atoms with van der Waals surface area (Å²) in [6.45, 7) is 3.67. The van der Waals surface area contributed by atoms with Gasteiger partial charge in [0.15, 0.2) is 0 Å². The molecular weight excluding hydrogens is 150 g/mol. The van der Waals surface area contributed by atoms with Crippen LogP contribution in [0.1, 0.15) is 11.4 Å². The molecular formula is C10H9NO. The Labute approximate surface area is 71.9 Å². The normalized spacial score (nSPS) is 8.67. The highest BCUT2D eigenvalue weighted by molar-refractivity contribution is 5.53. The lowest BCUT2D eigenvalue weighted by atomic mass is 10.3. The zero-order valence-electron chi connectivity index (χ0n) is 6.87. The van der Waals surface area contributed by atoms with Crippen molar-refractivity contribution in [3.8, 4) is 12.3 Å². The van der Waals surface area contributed by atoms with Gasteiger partial charge in [-0.15, -0.1) is 6.42 Å². The van der Waals surface area contributed by atoms with E-state index < -0.39 is 0 Å². The summed E-state index contributed by atoms with van der Waals surface area (Å²) < 4.78 is 4.91. The Balaban J connectivity index is 3.04. The Morgan fingerprint density at radius 1 is 1.67 bits per heavy atom. The highest BCUT2D eigenvalue weighted by Crippen LogP contribution is 2.09. The summed E-state index contributed by atoms with van der Waals surface area (Å²) in [5.74, 6) is 2.96. The Hall–Kier alpha value is -1.75. The predicted molar refractivity (Wildman–Crippen MR) is 48.2 cm³/mol. The van der Waals surface area contributed by atoms with E-state index >= 15 is 0 Å². The standard InChI is InChI=1S/C10H9NO/c1-4-9-6-5-7-10(11-9)8(2)12-3/h1,5-7H,2H2,3H3. The van der Waals surface area contributed by atoms with Crippen LogP contribution in [0.25, 0.3) is 5.76 Å². The predicted octanol–water partition coefficient (Wildman–Crippen LogP) is 1.68. The first-order valence-electron chi connectivity index (χ1n) is 3.45. The molecule has 1 aromatic rings. The quantitative estimate of drug-likeness (QED) is 0.484. The Morgan fingerprint density at radius 3 is 3.00 bits per heavy atom. The first-order chi connectivity index (χ1) is 5.77. The SMILES string of the molecule is C#Cc1cccc(C(=C)OC)n1. The molecule has 0 aliphatic rings. The van der Waals surface area contributed by atoms with Gasteiger partial charge in [-0.25, -0.2) is 4.98 Å². The third-order valence-corrected chi connectivity index (χ3v) is 1.43. The third kappa shape index (κ3) is 1.64. The van der Waals surface area contributed by atoms with E-state index in [1.807, 2.05) is 6.07 Å². The van der Waals surface area contributed by atoms with Crippen LogP contribution in [-0.2, 0) is 4.74 Å². The molecule has 0 amide bonds. The van der Waals surface area contributed by atoms with Gasteiger partial charge in [-0.3, -0.25) is 0 Å². The van der Waals surface area contributed by atoms with Crippen molar-refractivity contribution in [2.45, 2.75) is 0 Å². The van der Waals surface area contributed by atoms with Gasteiger partial charge < -0.3 is 4.74 Å². The van der Waals surface area contributed by atoms with Crippen LogP contribution in [-0.4, -0.2) is 12.1 Å². The highest BCUT2D eigenvalue weighted by Gasteiger charge is 1.98. The fraction of sp³-hybridized carbons (Fsp3) is 0.100. The van der Waals surface area contributed by atoms with Crippen LogP contribution in [0.3, 0.4) is 0 Å². The molecule has 1 rings (SSSR count). The average Bonchev–Trinajstić information content (AvgIpc) is 2.17. The number of rotatable bonds is 2. The fourth-order valence-electron chi connectivity index (χ4n) is 0.775. The Morgan fingerprint density at radius 2 is 2.42 bits per heavy atom. The lowest BCUT2D eigenvalue weighted by molar-refractivity contribution is 0.369. The van der Waals surface area contributed by atoms with Crippen LogP contribution in [0, 0.1) is 12.3 Å². The van der Waals surface area contributed by atoms with Crippen LogP contribution in [0.4, 0.5) is 0 Å². The molecule has 60 valence electrons. The van der Waals surface area contributed by atoms with Crippen LogP contribution in [0.2, 0.25) is 0 Å². The number of terminal acetylenes is 1. The molecule has 0 aliphatic carbocycles. The minimum absolute atomic E-state index is 0.520. The molecule has 12 heavy (non-hydrogen) atoms. The number of nitrogens with zero attached hydrogens (tertiary/aromatic N) is 1. The number of aromatic nitrogens is 1. The Bertz CT molecular complexity index is 336. The lowest BCUT2D eigenvalue weighted by Gasteiger charge is -2.02. The molecule has 0 fully saturated rings. The van der Waals surface area contributed by atoms with Crippen molar-refractivity contribution in [1.29, 1.82) is 0 Å². The zero-order valence-corrected chi connectivity index (χ0v) is 6.87. The summed E-state index contributed by atoms with van der Waals surface area (Å²) in [4.78, 5) is 4.10. The van der Waals surface area contributed by atoms with E-state index in [9.17, 15) is 0 Å². The van der Waals surface area contributed by atoms with Gasteiger partial charge >= 0.3 is 0 Å². The summed E-state index contributed by atoms with van der Waals surface area (Å²) in [5.41, 5.74) is 1.26. The number of pyridine rings is 1. The largest absolute Gasteiger partial charge is 0.495 e. The minimum atomic E-state index is 0.520. The van der Waals surface area contributed by atoms with Crippen molar-refractivity contribution >= 4 is 5.76 Å². The maximum Gasteiger partial charge on any atom is 0.137 e. The van der Waals surface area contributed by atoms with Crippen LogP contribution >= 0.6 is 0 Å². The molecule has 0 atom stereocenters. The van der Waals surface area contributed by atoms with Crippen molar-refractivity contribution < 1.29 is 4.74 Å². The van der Waals surface area contributed by atoms with Gasteiger partial charge in [0, 0.05) is 0 Å². The van der Waals surface area contributed by atoms with Gasteiger partial charge in [-0.05, 0) is 12.1 Å². The van der Waals surface area contributed by atoms with E-state index in [0.29, 0.717) is 17.1 Å². The van der Waals surface area contributed by atoms with E-state index in [1.165, 1.54) is 0 Å². The lowest BCUT2D eigenvalue weighted by Crippen LogP contribution is -1.91. The van der Waals surface area contributed by atoms with E-state index in [2.05, 4.69) is 17.5 Å². The number of ether oxygens (including phenoxy) is 1. The summed E-state index contributed by atoms with van der Waals surface area (Å²) in [6.07, 6.45) is 5.18. The summed E-state index contributed by atoms with van der Waals surface area (Å²) >= 11 is 0. The fourth-order valence-corrected chi connectivity index (χ4v) is 0.775. The molecule has 0 aliphatic heterocycles. The topological polar surface area (TPSA) is 22.1 Å². The average molecular weight is 159 g/mol. The molecule has 1 aromatic heterocycles. The van der Waals surface area contributed by atoms with Gasteiger partial charge in [-0.1, -0.05) is 18.6 Å². The summed E-state index contributed by atoms with van der Waals surface area (Å²) in [7, 11) is 1.55. The minimum Gasteiger partial charge on any atom is -0.495 e. The number of hydrogen-bond acceptors (Lipinski definition) is 2. The van der Waals surface area contributed by atoms with Crippen molar-refractivity contribution in [2.75, 3.05) is 7.11 Å². The van der Waals surface area contributed by atoms with Crippen molar-refractivity contribution in [3.63, 3.8) is 0 Å². The molecule has 0 bridgehead atoms. The molecule has 2 nitrogen and oxygen atoms in total. The van der Waals surface area contributed by atoms with E-state index in [1.54, 1.807) is 19.2 Å². The maximum absolute atomic E-state index is 5.18. The first-order valence-corrected chi connectivity index (χ1v) is 3.45. The third-order valence-electron chi connectivity index (χ3n) is 1.43. The highest BCUT2D eigenvalue weighted by atomic mass is 16.5. The second-order valence-corrected chi connectivity index (χ2v) is 2.18. The maximum atomic E-state index is 5.18. The van der Waals surface area contributed by atoms with E-state index in [0.717, 1.165) is 0 Å². The van der Waals surface area contributed by atoms with Crippen LogP contribution in [0.15, 0.2) is 24.8 Å². The summed E-state index contributed by atoms with van der Waals surface area (Å²) in [5, 5.41) is 0. The van der Waals surface area contributed by atoms with Gasteiger partial charge in [0.2, 0.25) is 0 Å². The van der Waals surface area contributed by atoms with Crippen LogP contribution < -0.4 is 0 Å². The molecule has 0 saturated heterocycles. The number of methoxy groups -OCH3 is 1. The van der Waals surface area contributed by atoms with Gasteiger partial charge in [0.25, 0.3) is 0 Å². The molecule has 2 heteroatoms. The molecule has 0 N–H and O–H groups in total. The van der Waals surface area contributed by atoms with Gasteiger partial charge in [0.1, 0.15) is 17.1 Å². The van der Waals surface area contributed by atoms with E-state index in [4.69, 9.17) is 11.2 Å². The zero-order chi connectivity index (χ0) is 8.97. The smallest absolute Gasteiger partial charge is 0.137 e. The van der Waals surface area contributed by atoms with Crippen LogP contribution in [0.5, 0.6) is 0 Å². The first kappa shape index (κ1) is 8.35. The van der Waals surface area contributed by atoms with E-state index in [-0.39, 0.29) is 0 Å². The number of hydrogen-bond donors (Lipinski definition) is 0. The molecule has 0 aromatic carbocycles. The molecule has 0 unspecified atom stereocenters. The molecule has 0 saturated carbocycles. The van der Waals surface area contributed by atoms with Crippen molar-refractivity contribution in [3.05, 3.63) is 36.2 Å². The second kappa shape index (κ2) is 3.59. The molecule has 0 spiro atoms. The van der Waals surface area contributed by atoms with Gasteiger partial charge in [0.05, 0.1) is 7.11 Å².